The molecule has 70 valence electrons. The van der Waals surface area contributed by atoms with E-state index >= 15 is 0 Å². The van der Waals surface area contributed by atoms with Crippen LogP contribution in [-0.4, -0.2) is 24.6 Å². The minimum atomic E-state index is 0.651. The van der Waals surface area contributed by atoms with Crippen LogP contribution in [0.15, 0.2) is 16.9 Å². The van der Waals surface area contributed by atoms with Crippen LogP contribution in [0.25, 0.3) is 0 Å². The highest BCUT2D eigenvalue weighted by atomic mass is 16.4. The van der Waals surface area contributed by atoms with E-state index < -0.39 is 0 Å². The predicted molar refractivity (Wildman–Crippen MR) is 48.3 cm³/mol. The van der Waals surface area contributed by atoms with Crippen molar-refractivity contribution in [2.24, 2.45) is 17.8 Å². The molecule has 0 bridgehead atoms. The Kier molecular flexibility index (Phi) is 1.55. The summed E-state index contributed by atoms with van der Waals surface area (Å²) in [4.78, 5) is 4.02. The third-order valence-corrected chi connectivity index (χ3v) is 3.19. The normalized spacial score (nSPS) is 35.8. The van der Waals surface area contributed by atoms with Crippen LogP contribution < -0.4 is 10.6 Å². The number of hydrogen-bond acceptors (Lipinski definition) is 4. The summed E-state index contributed by atoms with van der Waals surface area (Å²) in [5.41, 5.74) is 0. The maximum absolute atomic E-state index is 5.10. The van der Waals surface area contributed by atoms with Crippen LogP contribution in [0.1, 0.15) is 0 Å². The van der Waals surface area contributed by atoms with E-state index in [1.807, 2.05) is 0 Å². The molecule has 0 radical (unpaired) electrons. The lowest BCUT2D eigenvalue weighted by Gasteiger charge is -2.03. The van der Waals surface area contributed by atoms with E-state index in [1.54, 1.807) is 12.5 Å². The zero-order chi connectivity index (χ0) is 8.67. The van der Waals surface area contributed by atoms with Crippen molar-refractivity contribution in [1.82, 2.24) is 10.3 Å². The van der Waals surface area contributed by atoms with Crippen molar-refractivity contribution in [2.45, 2.75) is 0 Å². The fourth-order valence-electron chi connectivity index (χ4n) is 2.37. The monoisotopic (exact) mass is 179 g/mol. The Balaban J connectivity index is 1.50. The van der Waals surface area contributed by atoms with Gasteiger partial charge in [0.15, 0.2) is 0 Å². The molecule has 0 spiro atoms. The zero-order valence-corrected chi connectivity index (χ0v) is 7.36. The van der Waals surface area contributed by atoms with Gasteiger partial charge in [-0.3, -0.25) is 0 Å². The maximum atomic E-state index is 5.10. The molecule has 13 heavy (non-hydrogen) atoms. The van der Waals surface area contributed by atoms with E-state index in [2.05, 4.69) is 15.6 Å². The van der Waals surface area contributed by atoms with Gasteiger partial charge in [0, 0.05) is 6.54 Å². The lowest BCUT2D eigenvalue weighted by Crippen LogP contribution is -2.18. The number of rotatable bonds is 3. The Labute approximate surface area is 76.7 Å². The van der Waals surface area contributed by atoms with Crippen molar-refractivity contribution < 1.29 is 4.42 Å². The van der Waals surface area contributed by atoms with Crippen LogP contribution in [0, 0.1) is 17.8 Å². The Hall–Kier alpha value is -1.03. The number of anilines is 1. The van der Waals surface area contributed by atoms with Crippen molar-refractivity contribution in [1.29, 1.82) is 0 Å². The number of oxazole rings is 1. The van der Waals surface area contributed by atoms with E-state index in [9.17, 15) is 0 Å². The van der Waals surface area contributed by atoms with Gasteiger partial charge in [0.05, 0.1) is 6.20 Å². The topological polar surface area (TPSA) is 50.1 Å². The summed E-state index contributed by atoms with van der Waals surface area (Å²) < 4.78 is 5.10. The second-order valence-corrected chi connectivity index (χ2v) is 3.87. The Morgan fingerprint density at radius 2 is 2.38 bits per heavy atom. The van der Waals surface area contributed by atoms with Gasteiger partial charge < -0.3 is 15.1 Å². The first-order valence-corrected chi connectivity index (χ1v) is 4.79. The van der Waals surface area contributed by atoms with Crippen molar-refractivity contribution in [3.63, 3.8) is 0 Å². The Bertz CT molecular complexity index is 275. The Morgan fingerprint density at radius 1 is 1.54 bits per heavy atom. The Morgan fingerprint density at radius 3 is 3.08 bits per heavy atom. The van der Waals surface area contributed by atoms with E-state index in [0.717, 1.165) is 24.3 Å². The van der Waals surface area contributed by atoms with E-state index in [1.165, 1.54) is 13.1 Å². The molecule has 2 unspecified atom stereocenters. The van der Waals surface area contributed by atoms with Crippen molar-refractivity contribution in [3.05, 3.63) is 12.5 Å². The van der Waals surface area contributed by atoms with Crippen LogP contribution in [-0.2, 0) is 0 Å². The molecule has 1 aromatic rings. The first-order chi connectivity index (χ1) is 6.45. The number of nitrogens with one attached hydrogen (secondary N) is 2. The van der Waals surface area contributed by atoms with Crippen LogP contribution >= 0.6 is 0 Å². The number of hydrogen-bond donors (Lipinski definition) is 2. The molecule has 1 saturated carbocycles. The predicted octanol–water partition coefficient (Wildman–Crippen LogP) is 0.552. The summed E-state index contributed by atoms with van der Waals surface area (Å²) in [5, 5.41) is 6.59. The number of piperidine rings is 1. The average Bonchev–Trinajstić information content (AvgIpc) is 2.68. The molecule has 4 heteroatoms. The molecular weight excluding hydrogens is 166 g/mol. The second-order valence-electron chi connectivity index (χ2n) is 3.87. The molecule has 2 heterocycles. The van der Waals surface area contributed by atoms with Gasteiger partial charge >= 0.3 is 0 Å². The second kappa shape index (κ2) is 2.73. The maximum Gasteiger partial charge on any atom is 0.294 e. The van der Waals surface area contributed by atoms with Gasteiger partial charge in [-0.1, -0.05) is 0 Å². The van der Waals surface area contributed by atoms with E-state index in [0.29, 0.717) is 6.01 Å². The molecule has 3 rings (SSSR count). The van der Waals surface area contributed by atoms with Crippen molar-refractivity contribution >= 4 is 6.01 Å². The highest BCUT2D eigenvalue weighted by molar-refractivity contribution is 5.20. The molecule has 1 aromatic heterocycles. The fraction of sp³-hybridized carbons (Fsp3) is 0.667. The van der Waals surface area contributed by atoms with Gasteiger partial charge in [-0.15, -0.1) is 0 Å². The first kappa shape index (κ1) is 7.38. The van der Waals surface area contributed by atoms with Crippen LogP contribution in [0.5, 0.6) is 0 Å². The lowest BCUT2D eigenvalue weighted by molar-refractivity contribution is 0.557. The molecular formula is C9H13N3O. The van der Waals surface area contributed by atoms with Gasteiger partial charge in [-0.05, 0) is 30.8 Å². The molecule has 4 nitrogen and oxygen atoms in total. The van der Waals surface area contributed by atoms with Crippen LogP contribution in [0.3, 0.4) is 0 Å². The third-order valence-electron chi connectivity index (χ3n) is 3.19. The standard InChI is InChI=1S/C9H13N3O/c1-2-13-9(11-1)12-5-8-6-3-10-4-7(6)8/h1-2,6-8,10H,3-5H2,(H,11,12). The lowest BCUT2D eigenvalue weighted by atomic mass is 10.3. The van der Waals surface area contributed by atoms with Crippen molar-refractivity contribution in [3.8, 4) is 0 Å². The molecule has 2 atom stereocenters. The summed E-state index contributed by atoms with van der Waals surface area (Å²) in [6.07, 6.45) is 3.26. The number of fused-ring (bicyclic) bond motifs is 1. The van der Waals surface area contributed by atoms with Crippen LogP contribution in [0.2, 0.25) is 0 Å². The molecule has 1 aliphatic heterocycles. The minimum Gasteiger partial charge on any atom is -0.432 e. The smallest absolute Gasteiger partial charge is 0.294 e. The molecule has 2 N–H and O–H groups in total. The average molecular weight is 179 g/mol. The summed E-state index contributed by atoms with van der Waals surface area (Å²) in [7, 11) is 0. The number of aromatic nitrogens is 1. The SMILES string of the molecule is c1coc(NCC2C3CNCC32)n1. The van der Waals surface area contributed by atoms with E-state index in [4.69, 9.17) is 4.42 Å². The summed E-state index contributed by atoms with van der Waals surface area (Å²) in [6.45, 7) is 3.41. The molecule has 1 aliphatic carbocycles. The first-order valence-electron chi connectivity index (χ1n) is 4.79. The third kappa shape index (κ3) is 1.21. The molecule has 0 aromatic carbocycles. The molecule has 0 amide bonds. The highest BCUT2D eigenvalue weighted by Crippen LogP contribution is 2.48. The summed E-state index contributed by atoms with van der Waals surface area (Å²) in [6, 6.07) is 0.651. The molecule has 1 saturated heterocycles. The molecule has 2 aliphatic rings. The number of nitrogens with zero attached hydrogens (tertiary/aromatic N) is 1. The van der Waals surface area contributed by atoms with Crippen LogP contribution in [0.4, 0.5) is 6.01 Å². The van der Waals surface area contributed by atoms with Gasteiger partial charge in [0.2, 0.25) is 0 Å². The zero-order valence-electron chi connectivity index (χ0n) is 7.36. The molecule has 2 fully saturated rings. The summed E-state index contributed by atoms with van der Waals surface area (Å²) >= 11 is 0. The fourth-order valence-corrected chi connectivity index (χ4v) is 2.37. The van der Waals surface area contributed by atoms with Gasteiger partial charge in [0.25, 0.3) is 6.01 Å². The minimum absolute atomic E-state index is 0.651. The van der Waals surface area contributed by atoms with Crippen molar-refractivity contribution in [2.75, 3.05) is 25.0 Å². The van der Waals surface area contributed by atoms with Gasteiger partial charge in [0.1, 0.15) is 6.26 Å². The quantitative estimate of drug-likeness (QED) is 0.711. The van der Waals surface area contributed by atoms with Gasteiger partial charge in [-0.2, -0.15) is 0 Å². The van der Waals surface area contributed by atoms with Gasteiger partial charge in [-0.25, -0.2) is 4.98 Å². The summed E-state index contributed by atoms with van der Waals surface area (Å²) in [5.74, 6) is 2.65. The van der Waals surface area contributed by atoms with E-state index in [-0.39, 0.29) is 0 Å². The highest BCUT2D eigenvalue weighted by Gasteiger charge is 2.52. The largest absolute Gasteiger partial charge is 0.432 e.